The summed E-state index contributed by atoms with van der Waals surface area (Å²) in [5, 5.41) is 3.87. The number of halogens is 3. The minimum absolute atomic E-state index is 0.183. The van der Waals surface area contributed by atoms with E-state index in [1.54, 1.807) is 0 Å². The smallest absolute Gasteiger partial charge is 0.381 e. The summed E-state index contributed by atoms with van der Waals surface area (Å²) in [5.74, 6) is 0.917. The first kappa shape index (κ1) is 26.1. The number of hydrogen-bond acceptors (Lipinski definition) is 4. The van der Waals surface area contributed by atoms with Crippen LogP contribution in [0.5, 0.6) is 0 Å². The Balaban J connectivity index is 1.43. The molecule has 3 unspecified atom stereocenters. The molecule has 1 aromatic rings. The summed E-state index contributed by atoms with van der Waals surface area (Å²) in [6, 6.07) is 2.86. The summed E-state index contributed by atoms with van der Waals surface area (Å²) in [6.45, 7) is 9.00. The van der Waals surface area contributed by atoms with Gasteiger partial charge in [0.1, 0.15) is 0 Å². The second kappa shape index (κ2) is 10.6. The molecule has 194 valence electrons. The van der Waals surface area contributed by atoms with E-state index < -0.39 is 17.2 Å². The lowest BCUT2D eigenvalue weighted by molar-refractivity contribution is -0.144. The van der Waals surface area contributed by atoms with Crippen LogP contribution < -0.4 is 5.32 Å². The highest BCUT2D eigenvalue weighted by molar-refractivity contribution is 5.84. The molecule has 4 atom stereocenters. The van der Waals surface area contributed by atoms with E-state index in [4.69, 9.17) is 4.74 Å². The zero-order valence-corrected chi connectivity index (χ0v) is 21.0. The molecule has 0 radical (unpaired) electrons. The Morgan fingerprint density at radius 3 is 2.80 bits per heavy atom. The Hall–Kier alpha value is -1.93. The molecule has 1 aromatic heterocycles. The van der Waals surface area contributed by atoms with Gasteiger partial charge in [-0.1, -0.05) is 26.8 Å². The van der Waals surface area contributed by atoms with Crippen LogP contribution in [-0.2, 0) is 15.7 Å². The first-order chi connectivity index (χ1) is 16.6. The van der Waals surface area contributed by atoms with Crippen molar-refractivity contribution in [3.8, 4) is 0 Å². The Labute approximate surface area is 206 Å². The predicted molar refractivity (Wildman–Crippen MR) is 129 cm³/mol. The number of aromatic nitrogens is 1. The molecule has 1 saturated heterocycles. The number of pyridine rings is 1. The highest BCUT2D eigenvalue weighted by Gasteiger charge is 2.49. The highest BCUT2D eigenvalue weighted by atomic mass is 19.4. The maximum absolute atomic E-state index is 13.8. The SMILES string of the molecule is CCC1COCCC1NC1CC[C@@](C(=O)N2CC=C(c3cc(C(F)(F)F)ccn3)CC2)(C(C)C)C1. The minimum atomic E-state index is -4.40. The molecule has 1 aliphatic carbocycles. The number of carbonyl (C=O) groups excluding carboxylic acids is 1. The van der Waals surface area contributed by atoms with Gasteiger partial charge in [-0.05, 0) is 68.1 Å². The summed E-state index contributed by atoms with van der Waals surface area (Å²) < 4.78 is 45.0. The normalized spacial score (nSPS) is 30.0. The molecule has 0 aromatic carbocycles. The molecular formula is C27H38F3N3O2. The van der Waals surface area contributed by atoms with Crippen molar-refractivity contribution in [2.45, 2.75) is 77.6 Å². The molecular weight excluding hydrogens is 455 g/mol. The van der Waals surface area contributed by atoms with E-state index in [9.17, 15) is 18.0 Å². The molecule has 4 rings (SSSR count). The summed E-state index contributed by atoms with van der Waals surface area (Å²) in [7, 11) is 0. The van der Waals surface area contributed by atoms with E-state index in [1.807, 2.05) is 11.0 Å². The molecule has 3 aliphatic rings. The van der Waals surface area contributed by atoms with Crippen molar-refractivity contribution in [3.63, 3.8) is 0 Å². The fourth-order valence-corrected chi connectivity index (χ4v) is 6.09. The van der Waals surface area contributed by atoms with Gasteiger partial charge in [-0.15, -0.1) is 0 Å². The Kier molecular flexibility index (Phi) is 7.91. The standard InChI is InChI=1S/C27H38F3N3O2/c1-4-19-17-35-14-9-23(19)32-22-5-10-26(16-22,18(2)3)25(34)33-12-7-20(8-13-33)24-15-21(6-11-31-24)27(28,29)30/h6-7,11,15,18-19,22-23,32H,4-5,8-10,12-14,16-17H2,1-3H3/t19?,22?,23?,26-/m0/s1. The summed E-state index contributed by atoms with van der Waals surface area (Å²) in [6.07, 6.45) is 3.98. The van der Waals surface area contributed by atoms with E-state index in [0.717, 1.165) is 63.0 Å². The fraction of sp³-hybridized carbons (Fsp3) is 0.704. The van der Waals surface area contributed by atoms with Crippen LogP contribution in [0, 0.1) is 17.3 Å². The zero-order valence-electron chi connectivity index (χ0n) is 21.0. The molecule has 5 nitrogen and oxygen atoms in total. The molecule has 1 N–H and O–H groups in total. The largest absolute Gasteiger partial charge is 0.416 e. The quantitative estimate of drug-likeness (QED) is 0.583. The van der Waals surface area contributed by atoms with Crippen LogP contribution in [0.1, 0.15) is 70.6 Å². The molecule has 1 saturated carbocycles. The first-order valence-electron chi connectivity index (χ1n) is 13.0. The summed E-state index contributed by atoms with van der Waals surface area (Å²) in [5.41, 5.74) is 0.0251. The number of rotatable bonds is 6. The van der Waals surface area contributed by atoms with Gasteiger partial charge in [0.05, 0.1) is 23.3 Å². The van der Waals surface area contributed by atoms with E-state index >= 15 is 0 Å². The lowest BCUT2D eigenvalue weighted by Crippen LogP contribution is -2.49. The molecule has 35 heavy (non-hydrogen) atoms. The van der Waals surface area contributed by atoms with Gasteiger partial charge < -0.3 is 15.0 Å². The highest BCUT2D eigenvalue weighted by Crippen LogP contribution is 2.46. The van der Waals surface area contributed by atoms with Crippen LogP contribution in [0.25, 0.3) is 5.57 Å². The van der Waals surface area contributed by atoms with Gasteiger partial charge in [0.25, 0.3) is 0 Å². The Morgan fingerprint density at radius 1 is 1.34 bits per heavy atom. The molecule has 1 amide bonds. The van der Waals surface area contributed by atoms with Crippen LogP contribution in [0.3, 0.4) is 0 Å². The van der Waals surface area contributed by atoms with Gasteiger partial charge in [0.2, 0.25) is 5.91 Å². The van der Waals surface area contributed by atoms with Gasteiger partial charge in [0, 0.05) is 38.0 Å². The van der Waals surface area contributed by atoms with Gasteiger partial charge in [0.15, 0.2) is 0 Å². The van der Waals surface area contributed by atoms with Crippen molar-refractivity contribution >= 4 is 11.5 Å². The van der Waals surface area contributed by atoms with E-state index in [2.05, 4.69) is 31.1 Å². The van der Waals surface area contributed by atoms with Crippen LogP contribution in [0.4, 0.5) is 13.2 Å². The maximum atomic E-state index is 13.8. The first-order valence-corrected chi connectivity index (χ1v) is 13.0. The third-order valence-corrected chi connectivity index (χ3v) is 8.44. The molecule has 0 bridgehead atoms. The van der Waals surface area contributed by atoms with Gasteiger partial charge in [-0.2, -0.15) is 13.2 Å². The van der Waals surface area contributed by atoms with Crippen molar-refractivity contribution in [2.75, 3.05) is 26.3 Å². The lowest BCUT2D eigenvalue weighted by atomic mass is 9.74. The number of carbonyl (C=O) groups is 1. The minimum Gasteiger partial charge on any atom is -0.381 e. The van der Waals surface area contributed by atoms with E-state index in [1.165, 1.54) is 6.20 Å². The van der Waals surface area contributed by atoms with Crippen molar-refractivity contribution in [1.29, 1.82) is 0 Å². The zero-order chi connectivity index (χ0) is 25.2. The van der Waals surface area contributed by atoms with Crippen molar-refractivity contribution in [3.05, 3.63) is 35.7 Å². The number of nitrogens with zero attached hydrogens (tertiary/aromatic N) is 2. The second-order valence-corrected chi connectivity index (χ2v) is 10.7. The topological polar surface area (TPSA) is 54.5 Å². The molecule has 2 aliphatic heterocycles. The Morgan fingerprint density at radius 2 is 2.14 bits per heavy atom. The third-order valence-electron chi connectivity index (χ3n) is 8.44. The van der Waals surface area contributed by atoms with Crippen molar-refractivity contribution in [2.24, 2.45) is 17.3 Å². The van der Waals surface area contributed by atoms with Crippen LogP contribution in [-0.4, -0.2) is 54.2 Å². The molecule has 2 fully saturated rings. The van der Waals surface area contributed by atoms with Crippen LogP contribution >= 0.6 is 0 Å². The van der Waals surface area contributed by atoms with Crippen LogP contribution in [0.15, 0.2) is 24.4 Å². The monoisotopic (exact) mass is 493 g/mol. The van der Waals surface area contributed by atoms with Gasteiger partial charge in [-0.25, -0.2) is 0 Å². The van der Waals surface area contributed by atoms with Crippen molar-refractivity contribution < 1.29 is 22.7 Å². The van der Waals surface area contributed by atoms with Crippen molar-refractivity contribution in [1.82, 2.24) is 15.2 Å². The Bertz CT molecular complexity index is 932. The average molecular weight is 494 g/mol. The third kappa shape index (κ3) is 5.58. The molecule has 3 heterocycles. The number of ether oxygens (including phenoxy) is 1. The van der Waals surface area contributed by atoms with E-state index in [0.29, 0.717) is 43.2 Å². The number of alkyl halides is 3. The maximum Gasteiger partial charge on any atom is 0.416 e. The second-order valence-electron chi connectivity index (χ2n) is 10.7. The number of hydrogen-bond donors (Lipinski definition) is 1. The number of amides is 1. The summed E-state index contributed by atoms with van der Waals surface area (Å²) >= 11 is 0. The van der Waals surface area contributed by atoms with Gasteiger partial charge in [-0.3, -0.25) is 9.78 Å². The number of nitrogens with one attached hydrogen (secondary N) is 1. The summed E-state index contributed by atoms with van der Waals surface area (Å²) in [4.78, 5) is 19.9. The predicted octanol–water partition coefficient (Wildman–Crippen LogP) is 5.32. The molecule has 8 heteroatoms. The van der Waals surface area contributed by atoms with E-state index in [-0.39, 0.29) is 11.8 Å². The van der Waals surface area contributed by atoms with Gasteiger partial charge >= 0.3 is 6.18 Å². The molecule has 0 spiro atoms. The van der Waals surface area contributed by atoms with Crippen LogP contribution in [0.2, 0.25) is 0 Å². The lowest BCUT2D eigenvalue weighted by Gasteiger charge is -2.39. The fourth-order valence-electron chi connectivity index (χ4n) is 6.09. The average Bonchev–Trinajstić information content (AvgIpc) is 3.29.